The summed E-state index contributed by atoms with van der Waals surface area (Å²) in [6.07, 6.45) is 0. The Hall–Kier alpha value is -0.950. The summed E-state index contributed by atoms with van der Waals surface area (Å²) in [4.78, 5) is 17.1. The molecule has 3 rings (SSSR count). The zero-order valence-corrected chi connectivity index (χ0v) is 15.1. The molecule has 0 aliphatic rings. The molecule has 3 aromatic rings. The standard InChI is InChI=1S/C15H11BrO2S3/c1-2-18-15(17)13-6-5-10(20-13)9-3-4-11(19-9)12-7-8-14(16)21-12/h3-8H,2H2,1H3. The van der Waals surface area contributed by atoms with Gasteiger partial charge in [0.1, 0.15) is 4.88 Å². The molecule has 0 radical (unpaired) electrons. The van der Waals surface area contributed by atoms with Crippen molar-refractivity contribution >= 4 is 55.9 Å². The minimum atomic E-state index is -0.243. The first-order chi connectivity index (χ1) is 10.2. The van der Waals surface area contributed by atoms with E-state index in [0.717, 1.165) is 8.66 Å². The van der Waals surface area contributed by atoms with Crippen LogP contribution >= 0.6 is 49.9 Å². The van der Waals surface area contributed by atoms with Crippen LogP contribution in [0.5, 0.6) is 0 Å². The SMILES string of the molecule is CCOC(=O)c1ccc(-c2ccc(-c3ccc(Br)s3)s2)s1. The van der Waals surface area contributed by atoms with Gasteiger partial charge in [-0.2, -0.15) is 0 Å². The van der Waals surface area contributed by atoms with Crippen molar-refractivity contribution in [3.8, 4) is 19.5 Å². The molecular weight excluding hydrogens is 388 g/mol. The molecule has 21 heavy (non-hydrogen) atoms. The van der Waals surface area contributed by atoms with E-state index in [1.165, 1.54) is 26.0 Å². The molecule has 0 unspecified atom stereocenters. The van der Waals surface area contributed by atoms with Gasteiger partial charge in [-0.1, -0.05) is 0 Å². The van der Waals surface area contributed by atoms with Gasteiger partial charge in [-0.25, -0.2) is 4.79 Å². The molecule has 0 saturated heterocycles. The predicted octanol–water partition coefficient (Wildman–Crippen LogP) is 6.14. The lowest BCUT2D eigenvalue weighted by Gasteiger charge is -1.96. The van der Waals surface area contributed by atoms with E-state index < -0.39 is 0 Å². The molecule has 0 aliphatic heterocycles. The van der Waals surface area contributed by atoms with Gasteiger partial charge in [0.2, 0.25) is 0 Å². The summed E-state index contributed by atoms with van der Waals surface area (Å²) in [5.74, 6) is -0.243. The highest BCUT2D eigenvalue weighted by Gasteiger charge is 2.13. The normalized spacial score (nSPS) is 10.8. The lowest BCUT2D eigenvalue weighted by Crippen LogP contribution is -2.01. The minimum Gasteiger partial charge on any atom is -0.462 e. The number of carbonyl (C=O) groups is 1. The highest BCUT2D eigenvalue weighted by atomic mass is 79.9. The molecule has 0 saturated carbocycles. The molecule has 0 N–H and O–H groups in total. The molecule has 2 nitrogen and oxygen atoms in total. The van der Waals surface area contributed by atoms with Crippen molar-refractivity contribution < 1.29 is 9.53 Å². The number of halogens is 1. The van der Waals surface area contributed by atoms with Crippen LogP contribution in [-0.4, -0.2) is 12.6 Å². The molecule has 0 aliphatic carbocycles. The number of esters is 1. The second kappa shape index (κ2) is 6.44. The van der Waals surface area contributed by atoms with Crippen LogP contribution in [0.4, 0.5) is 0 Å². The van der Waals surface area contributed by atoms with E-state index in [1.54, 1.807) is 22.7 Å². The smallest absolute Gasteiger partial charge is 0.348 e. The largest absolute Gasteiger partial charge is 0.462 e. The van der Waals surface area contributed by atoms with Gasteiger partial charge in [-0.05, 0) is 59.3 Å². The Balaban J connectivity index is 1.85. The van der Waals surface area contributed by atoms with E-state index in [0.29, 0.717) is 11.5 Å². The van der Waals surface area contributed by atoms with E-state index in [4.69, 9.17) is 4.74 Å². The van der Waals surface area contributed by atoms with Crippen molar-refractivity contribution in [1.82, 2.24) is 0 Å². The van der Waals surface area contributed by atoms with E-state index in [-0.39, 0.29) is 5.97 Å². The van der Waals surface area contributed by atoms with Gasteiger partial charge in [0, 0.05) is 19.5 Å². The van der Waals surface area contributed by atoms with Crippen LogP contribution in [0.2, 0.25) is 0 Å². The topological polar surface area (TPSA) is 26.3 Å². The van der Waals surface area contributed by atoms with Gasteiger partial charge >= 0.3 is 5.97 Å². The Labute approximate surface area is 143 Å². The molecular formula is C15H11BrO2S3. The third kappa shape index (κ3) is 3.29. The van der Waals surface area contributed by atoms with E-state index in [9.17, 15) is 4.79 Å². The van der Waals surface area contributed by atoms with Gasteiger partial charge in [-0.3, -0.25) is 0 Å². The van der Waals surface area contributed by atoms with Gasteiger partial charge in [0.15, 0.2) is 0 Å². The fraction of sp³-hybridized carbons (Fsp3) is 0.133. The maximum Gasteiger partial charge on any atom is 0.348 e. The zero-order chi connectivity index (χ0) is 14.8. The molecule has 6 heteroatoms. The molecule has 3 heterocycles. The Morgan fingerprint density at radius 1 is 0.952 bits per heavy atom. The summed E-state index contributed by atoms with van der Waals surface area (Å²) in [7, 11) is 0. The van der Waals surface area contributed by atoms with Crippen LogP contribution in [0.3, 0.4) is 0 Å². The average Bonchev–Trinajstić information content (AvgIpc) is 3.18. The quantitative estimate of drug-likeness (QED) is 0.492. The summed E-state index contributed by atoms with van der Waals surface area (Å²) < 4.78 is 6.16. The second-order valence-electron chi connectivity index (χ2n) is 4.15. The van der Waals surface area contributed by atoms with Crippen molar-refractivity contribution in [2.45, 2.75) is 6.92 Å². The number of carbonyl (C=O) groups excluding carboxylic acids is 1. The van der Waals surface area contributed by atoms with Crippen LogP contribution in [0.25, 0.3) is 19.5 Å². The van der Waals surface area contributed by atoms with Crippen LogP contribution in [-0.2, 0) is 4.74 Å². The first-order valence-corrected chi connectivity index (χ1v) is 9.54. The van der Waals surface area contributed by atoms with Crippen molar-refractivity contribution in [3.05, 3.63) is 45.1 Å². The molecule has 108 valence electrons. The summed E-state index contributed by atoms with van der Waals surface area (Å²) in [6, 6.07) is 12.2. The van der Waals surface area contributed by atoms with Crippen LogP contribution in [0, 0.1) is 0 Å². The maximum absolute atomic E-state index is 11.7. The number of hydrogen-bond acceptors (Lipinski definition) is 5. The highest BCUT2D eigenvalue weighted by Crippen LogP contribution is 2.40. The van der Waals surface area contributed by atoms with Gasteiger partial charge < -0.3 is 4.74 Å². The van der Waals surface area contributed by atoms with Crippen LogP contribution in [0.15, 0.2) is 40.2 Å². The first-order valence-electron chi connectivity index (χ1n) is 6.30. The van der Waals surface area contributed by atoms with Gasteiger partial charge in [-0.15, -0.1) is 34.0 Å². The lowest BCUT2D eigenvalue weighted by molar-refractivity contribution is 0.0532. The molecule has 0 amide bonds. The Morgan fingerprint density at radius 2 is 1.52 bits per heavy atom. The number of rotatable bonds is 4. The fourth-order valence-corrected chi connectivity index (χ4v) is 5.30. The summed E-state index contributed by atoms with van der Waals surface area (Å²) in [6.45, 7) is 2.22. The van der Waals surface area contributed by atoms with Crippen molar-refractivity contribution in [3.63, 3.8) is 0 Å². The summed E-state index contributed by atoms with van der Waals surface area (Å²) in [5.41, 5.74) is 0. The second-order valence-corrected chi connectivity index (χ2v) is 8.78. The van der Waals surface area contributed by atoms with E-state index >= 15 is 0 Å². The van der Waals surface area contributed by atoms with Crippen molar-refractivity contribution in [1.29, 1.82) is 0 Å². The van der Waals surface area contributed by atoms with Crippen LogP contribution < -0.4 is 0 Å². The highest BCUT2D eigenvalue weighted by molar-refractivity contribution is 9.11. The van der Waals surface area contributed by atoms with Crippen molar-refractivity contribution in [2.75, 3.05) is 6.61 Å². The predicted molar refractivity (Wildman–Crippen MR) is 94.6 cm³/mol. The number of ether oxygens (including phenoxy) is 1. The van der Waals surface area contributed by atoms with Crippen LogP contribution in [0.1, 0.15) is 16.6 Å². The Kier molecular flexibility index (Phi) is 4.59. The number of thiophene rings is 3. The fourth-order valence-electron chi connectivity index (χ4n) is 1.83. The molecule has 3 aromatic heterocycles. The van der Waals surface area contributed by atoms with E-state index in [2.05, 4.69) is 40.2 Å². The zero-order valence-electron chi connectivity index (χ0n) is 11.1. The monoisotopic (exact) mass is 398 g/mol. The van der Waals surface area contributed by atoms with Gasteiger partial charge in [0.05, 0.1) is 10.4 Å². The van der Waals surface area contributed by atoms with Crippen molar-refractivity contribution in [2.24, 2.45) is 0 Å². The lowest BCUT2D eigenvalue weighted by atomic mass is 10.3. The third-order valence-corrected chi connectivity index (χ3v) is 6.91. The molecule has 0 spiro atoms. The van der Waals surface area contributed by atoms with E-state index in [1.807, 2.05) is 19.1 Å². The van der Waals surface area contributed by atoms with Gasteiger partial charge in [0.25, 0.3) is 0 Å². The third-order valence-electron chi connectivity index (χ3n) is 2.75. The Bertz CT molecular complexity index is 769. The molecule has 0 atom stereocenters. The summed E-state index contributed by atoms with van der Waals surface area (Å²) in [5, 5.41) is 0. The number of hydrogen-bond donors (Lipinski definition) is 0. The Morgan fingerprint density at radius 3 is 2.14 bits per heavy atom. The molecule has 0 bridgehead atoms. The minimum absolute atomic E-state index is 0.243. The molecule has 0 fully saturated rings. The molecule has 0 aromatic carbocycles. The first kappa shape index (κ1) is 15.0. The average molecular weight is 399 g/mol. The summed E-state index contributed by atoms with van der Waals surface area (Å²) >= 11 is 8.43. The maximum atomic E-state index is 11.7.